The molecule has 3 nitrogen and oxygen atoms in total. The Labute approximate surface area is 103 Å². The summed E-state index contributed by atoms with van der Waals surface area (Å²) in [5.41, 5.74) is -0.954. The number of carbonyl (C=O) groups is 1. The molecule has 0 atom stereocenters. The Morgan fingerprint density at radius 3 is 2.62 bits per heavy atom. The van der Waals surface area contributed by atoms with Crippen LogP contribution in [0, 0.1) is 3.57 Å². The number of hydrogen-bond donors (Lipinski definition) is 0. The molecule has 1 heterocycles. The van der Waals surface area contributed by atoms with Gasteiger partial charge in [-0.2, -0.15) is 13.2 Å². The molecule has 0 fully saturated rings. The van der Waals surface area contributed by atoms with Crippen LogP contribution in [-0.4, -0.2) is 18.1 Å². The lowest BCUT2D eigenvalue weighted by molar-refractivity contribution is -0.142. The first-order valence-electron chi connectivity index (χ1n) is 4.13. The van der Waals surface area contributed by atoms with E-state index in [4.69, 9.17) is 0 Å². The first kappa shape index (κ1) is 13.2. The third kappa shape index (κ3) is 3.62. The summed E-state index contributed by atoms with van der Waals surface area (Å²) in [5, 5.41) is 0. The van der Waals surface area contributed by atoms with Crippen LogP contribution in [0.3, 0.4) is 0 Å². The number of carbonyl (C=O) groups excluding carboxylic acids is 1. The molecule has 0 aliphatic rings. The SMILES string of the molecule is COC(=O)Cc1cc(I)cc(C(F)(F)F)n1. The Kier molecular flexibility index (Phi) is 4.11. The molecule has 0 bridgehead atoms. The zero-order valence-electron chi connectivity index (χ0n) is 8.14. The molecule has 0 saturated heterocycles. The summed E-state index contributed by atoms with van der Waals surface area (Å²) in [5.74, 6) is -0.623. The molecule has 0 N–H and O–H groups in total. The van der Waals surface area contributed by atoms with E-state index in [0.29, 0.717) is 3.57 Å². The lowest BCUT2D eigenvalue weighted by Crippen LogP contribution is -2.12. The molecular weight excluding hydrogens is 338 g/mol. The zero-order valence-corrected chi connectivity index (χ0v) is 10.3. The first-order valence-corrected chi connectivity index (χ1v) is 5.21. The number of nitrogens with zero attached hydrogens (tertiary/aromatic N) is 1. The molecule has 0 aliphatic carbocycles. The number of halogens is 4. The zero-order chi connectivity index (χ0) is 12.3. The Balaban J connectivity index is 3.04. The third-order valence-corrected chi connectivity index (χ3v) is 2.31. The van der Waals surface area contributed by atoms with Gasteiger partial charge in [0.15, 0.2) is 0 Å². The molecule has 88 valence electrons. The summed E-state index contributed by atoms with van der Waals surface area (Å²) >= 11 is 1.74. The molecule has 0 aromatic carbocycles. The molecule has 0 radical (unpaired) electrons. The van der Waals surface area contributed by atoms with E-state index in [9.17, 15) is 18.0 Å². The standard InChI is InChI=1S/C9H7F3INO2/c1-16-8(15)4-6-2-5(13)3-7(14-6)9(10,11)12/h2-3H,4H2,1H3. The van der Waals surface area contributed by atoms with E-state index >= 15 is 0 Å². The second kappa shape index (κ2) is 4.98. The van der Waals surface area contributed by atoms with Crippen molar-refractivity contribution in [3.8, 4) is 0 Å². The van der Waals surface area contributed by atoms with Gasteiger partial charge >= 0.3 is 12.1 Å². The molecule has 16 heavy (non-hydrogen) atoms. The van der Waals surface area contributed by atoms with E-state index in [-0.39, 0.29) is 12.1 Å². The minimum absolute atomic E-state index is 0.0473. The molecule has 0 unspecified atom stereocenters. The average molecular weight is 345 g/mol. The van der Waals surface area contributed by atoms with Crippen molar-refractivity contribution < 1.29 is 22.7 Å². The van der Waals surface area contributed by atoms with Gasteiger partial charge in [-0.05, 0) is 34.7 Å². The van der Waals surface area contributed by atoms with Crippen molar-refractivity contribution in [1.29, 1.82) is 0 Å². The molecule has 1 aromatic heterocycles. The summed E-state index contributed by atoms with van der Waals surface area (Å²) < 4.78 is 41.9. The van der Waals surface area contributed by atoms with Gasteiger partial charge < -0.3 is 4.74 Å². The van der Waals surface area contributed by atoms with Crippen LogP contribution in [-0.2, 0) is 22.1 Å². The van der Waals surface area contributed by atoms with Crippen LogP contribution in [0.25, 0.3) is 0 Å². The topological polar surface area (TPSA) is 39.2 Å². The number of esters is 1. The fourth-order valence-electron chi connectivity index (χ4n) is 1.01. The molecule has 7 heteroatoms. The summed E-state index contributed by atoms with van der Waals surface area (Å²) in [6.45, 7) is 0. The van der Waals surface area contributed by atoms with Gasteiger partial charge in [0.2, 0.25) is 0 Å². The molecule has 0 saturated carbocycles. The predicted octanol–water partition coefficient (Wildman–Crippen LogP) is 2.42. The van der Waals surface area contributed by atoms with Gasteiger partial charge in [-0.3, -0.25) is 4.79 Å². The number of alkyl halides is 3. The van der Waals surface area contributed by atoms with Gasteiger partial charge in [0.1, 0.15) is 5.69 Å². The number of methoxy groups -OCH3 is 1. The Morgan fingerprint density at radius 2 is 2.12 bits per heavy atom. The lowest BCUT2D eigenvalue weighted by Gasteiger charge is -2.08. The normalized spacial score (nSPS) is 11.3. The maximum atomic E-state index is 12.4. The lowest BCUT2D eigenvalue weighted by atomic mass is 10.2. The van der Waals surface area contributed by atoms with Crippen molar-refractivity contribution in [1.82, 2.24) is 4.98 Å². The van der Waals surface area contributed by atoms with Crippen LogP contribution < -0.4 is 0 Å². The predicted molar refractivity (Wildman–Crippen MR) is 57.7 cm³/mol. The fraction of sp³-hybridized carbons (Fsp3) is 0.333. The number of pyridine rings is 1. The molecule has 0 spiro atoms. The summed E-state index contributed by atoms with van der Waals surface area (Å²) in [6.07, 6.45) is -4.78. The van der Waals surface area contributed by atoms with Crippen molar-refractivity contribution in [2.45, 2.75) is 12.6 Å². The molecule has 1 rings (SSSR count). The van der Waals surface area contributed by atoms with Gasteiger partial charge in [-0.25, -0.2) is 4.98 Å². The maximum Gasteiger partial charge on any atom is 0.433 e. The van der Waals surface area contributed by atoms with E-state index in [2.05, 4.69) is 9.72 Å². The number of aromatic nitrogens is 1. The van der Waals surface area contributed by atoms with Crippen molar-refractivity contribution in [3.63, 3.8) is 0 Å². The van der Waals surface area contributed by atoms with Crippen molar-refractivity contribution >= 4 is 28.6 Å². The minimum atomic E-state index is -4.51. The van der Waals surface area contributed by atoms with Crippen molar-refractivity contribution in [3.05, 3.63) is 27.1 Å². The Morgan fingerprint density at radius 1 is 1.50 bits per heavy atom. The molecule has 0 aliphatic heterocycles. The number of rotatable bonds is 2. The smallest absolute Gasteiger partial charge is 0.433 e. The van der Waals surface area contributed by atoms with Gasteiger partial charge in [0.25, 0.3) is 0 Å². The molecule has 1 aromatic rings. The van der Waals surface area contributed by atoms with E-state index < -0.39 is 17.8 Å². The second-order valence-corrected chi connectivity index (χ2v) is 4.16. The van der Waals surface area contributed by atoms with Crippen LogP contribution in [0.15, 0.2) is 12.1 Å². The quantitative estimate of drug-likeness (QED) is 0.611. The van der Waals surface area contributed by atoms with E-state index in [0.717, 1.165) is 6.07 Å². The summed E-state index contributed by atoms with van der Waals surface area (Å²) in [6, 6.07) is 2.33. The average Bonchev–Trinajstić information content (AvgIpc) is 2.15. The van der Waals surface area contributed by atoms with Gasteiger partial charge in [0.05, 0.1) is 19.2 Å². The third-order valence-electron chi connectivity index (χ3n) is 1.69. The van der Waals surface area contributed by atoms with Crippen LogP contribution >= 0.6 is 22.6 Å². The Hall–Kier alpha value is -0.860. The van der Waals surface area contributed by atoms with Gasteiger partial charge in [-0.15, -0.1) is 0 Å². The van der Waals surface area contributed by atoms with Crippen molar-refractivity contribution in [2.24, 2.45) is 0 Å². The van der Waals surface area contributed by atoms with Crippen molar-refractivity contribution in [2.75, 3.05) is 7.11 Å². The Bertz CT molecular complexity index is 406. The molecule has 0 amide bonds. The van der Waals surface area contributed by atoms with Gasteiger partial charge in [0, 0.05) is 3.57 Å². The molecular formula is C9H7F3INO2. The van der Waals surface area contributed by atoms with E-state index in [1.54, 1.807) is 22.6 Å². The van der Waals surface area contributed by atoms with Crippen LogP contribution in [0.5, 0.6) is 0 Å². The highest BCUT2D eigenvalue weighted by Gasteiger charge is 2.33. The van der Waals surface area contributed by atoms with E-state index in [1.807, 2.05) is 0 Å². The monoisotopic (exact) mass is 345 g/mol. The van der Waals surface area contributed by atoms with Crippen LogP contribution in [0.4, 0.5) is 13.2 Å². The minimum Gasteiger partial charge on any atom is -0.469 e. The highest BCUT2D eigenvalue weighted by molar-refractivity contribution is 14.1. The number of ether oxygens (including phenoxy) is 1. The maximum absolute atomic E-state index is 12.4. The highest BCUT2D eigenvalue weighted by atomic mass is 127. The summed E-state index contributed by atoms with van der Waals surface area (Å²) in [7, 11) is 1.17. The second-order valence-electron chi connectivity index (χ2n) is 2.91. The van der Waals surface area contributed by atoms with E-state index in [1.165, 1.54) is 13.2 Å². The first-order chi connectivity index (χ1) is 7.32. The largest absolute Gasteiger partial charge is 0.469 e. The fourth-order valence-corrected chi connectivity index (χ4v) is 1.66. The summed E-state index contributed by atoms with van der Waals surface area (Å²) in [4.78, 5) is 14.3. The van der Waals surface area contributed by atoms with Crippen LogP contribution in [0.1, 0.15) is 11.4 Å². The van der Waals surface area contributed by atoms with Gasteiger partial charge in [-0.1, -0.05) is 0 Å². The number of hydrogen-bond acceptors (Lipinski definition) is 3. The van der Waals surface area contributed by atoms with Crippen LogP contribution in [0.2, 0.25) is 0 Å². The highest BCUT2D eigenvalue weighted by Crippen LogP contribution is 2.28.